The Labute approximate surface area is 193 Å². The van der Waals surface area contributed by atoms with E-state index in [0.29, 0.717) is 0 Å². The number of aromatic nitrogens is 6. The third kappa shape index (κ3) is 4.28. The molecule has 9 heteroatoms. The molecule has 172 valence electrons. The first kappa shape index (κ1) is 21.4. The summed E-state index contributed by atoms with van der Waals surface area (Å²) in [6.07, 6.45) is 9.89. The fourth-order valence-corrected chi connectivity index (χ4v) is 4.40. The summed E-state index contributed by atoms with van der Waals surface area (Å²) in [6.45, 7) is 8.93. The van der Waals surface area contributed by atoms with Gasteiger partial charge in [-0.3, -0.25) is 4.68 Å². The molecule has 0 amide bonds. The Kier molecular flexibility index (Phi) is 5.72. The molecule has 33 heavy (non-hydrogen) atoms. The summed E-state index contributed by atoms with van der Waals surface area (Å²) in [5, 5.41) is 13.3. The number of nitrogens with two attached hydrogens (primary N) is 1. The summed E-state index contributed by atoms with van der Waals surface area (Å²) in [4.78, 5) is 11.9. The first-order valence-electron chi connectivity index (χ1n) is 11.7. The number of pyridine rings is 2. The highest BCUT2D eigenvalue weighted by atomic mass is 15.3. The average molecular weight is 446 g/mol. The van der Waals surface area contributed by atoms with Crippen LogP contribution in [0.3, 0.4) is 0 Å². The van der Waals surface area contributed by atoms with Crippen LogP contribution in [0.2, 0.25) is 0 Å². The molecule has 0 bridgehead atoms. The number of fused-ring (bicyclic) bond motifs is 1. The van der Waals surface area contributed by atoms with E-state index in [2.05, 4.69) is 53.4 Å². The maximum absolute atomic E-state index is 6.31. The van der Waals surface area contributed by atoms with Crippen molar-refractivity contribution >= 4 is 28.4 Å². The van der Waals surface area contributed by atoms with Gasteiger partial charge in [-0.2, -0.15) is 10.2 Å². The predicted molar refractivity (Wildman–Crippen MR) is 132 cm³/mol. The number of nitrogens with one attached hydrogen (secondary N) is 1. The number of hydrogen-bond donors (Lipinski definition) is 2. The van der Waals surface area contributed by atoms with Crippen molar-refractivity contribution in [3.8, 4) is 11.1 Å². The molecule has 0 spiro atoms. The second-order valence-electron chi connectivity index (χ2n) is 8.94. The lowest BCUT2D eigenvalue weighted by atomic mass is 10.0. The summed E-state index contributed by atoms with van der Waals surface area (Å²) < 4.78 is 3.87. The monoisotopic (exact) mass is 445 g/mol. The molecule has 5 rings (SSSR count). The maximum atomic E-state index is 6.31. The van der Waals surface area contributed by atoms with Crippen LogP contribution in [-0.2, 0) is 6.54 Å². The van der Waals surface area contributed by atoms with Gasteiger partial charge in [-0.1, -0.05) is 0 Å². The summed E-state index contributed by atoms with van der Waals surface area (Å²) in [6, 6.07) is 6.51. The van der Waals surface area contributed by atoms with Gasteiger partial charge in [0, 0.05) is 72.4 Å². The van der Waals surface area contributed by atoms with Crippen molar-refractivity contribution in [3.63, 3.8) is 0 Å². The Morgan fingerprint density at radius 3 is 2.79 bits per heavy atom. The molecule has 1 atom stereocenters. The molecule has 0 aromatic carbocycles. The number of anilines is 3. The van der Waals surface area contributed by atoms with E-state index in [0.717, 1.165) is 72.0 Å². The second-order valence-corrected chi connectivity index (χ2v) is 8.94. The highest BCUT2D eigenvalue weighted by Gasteiger charge is 2.21. The summed E-state index contributed by atoms with van der Waals surface area (Å²) in [5.41, 5.74) is 10.4. The molecule has 3 N–H and O–H groups in total. The summed E-state index contributed by atoms with van der Waals surface area (Å²) >= 11 is 0. The molecular weight excluding hydrogens is 414 g/mol. The number of hydrogen-bond acceptors (Lipinski definition) is 7. The molecule has 5 heterocycles. The summed E-state index contributed by atoms with van der Waals surface area (Å²) in [7, 11) is 0. The Morgan fingerprint density at radius 2 is 2.03 bits per heavy atom. The second kappa shape index (κ2) is 8.82. The highest BCUT2D eigenvalue weighted by molar-refractivity contribution is 5.81. The smallest absolute Gasteiger partial charge is 0.160 e. The third-order valence-electron chi connectivity index (χ3n) is 6.14. The van der Waals surface area contributed by atoms with Crippen LogP contribution < -0.4 is 16.0 Å². The molecule has 4 aromatic rings. The largest absolute Gasteiger partial charge is 0.369 e. The zero-order valence-electron chi connectivity index (χ0n) is 19.4. The molecule has 9 nitrogen and oxygen atoms in total. The number of piperidine rings is 1. The Bertz CT molecular complexity index is 1260. The first-order valence-corrected chi connectivity index (χ1v) is 11.7. The summed E-state index contributed by atoms with van der Waals surface area (Å²) in [5.74, 6) is 1.49. The Morgan fingerprint density at radius 1 is 1.15 bits per heavy atom. The number of rotatable bonds is 6. The first-order chi connectivity index (χ1) is 16.0. The third-order valence-corrected chi connectivity index (χ3v) is 6.14. The molecule has 0 radical (unpaired) electrons. The molecule has 1 aliphatic heterocycles. The van der Waals surface area contributed by atoms with Crippen LogP contribution in [-0.4, -0.2) is 48.7 Å². The predicted octanol–water partition coefficient (Wildman–Crippen LogP) is 3.96. The van der Waals surface area contributed by atoms with Crippen molar-refractivity contribution in [1.29, 1.82) is 0 Å². The molecule has 4 aromatic heterocycles. The lowest BCUT2D eigenvalue weighted by molar-refractivity contribution is 0.506. The quantitative estimate of drug-likeness (QED) is 0.463. The average Bonchev–Trinajstić information content (AvgIpc) is 3.46. The van der Waals surface area contributed by atoms with Gasteiger partial charge in [0.1, 0.15) is 11.6 Å². The fourth-order valence-electron chi connectivity index (χ4n) is 4.40. The van der Waals surface area contributed by atoms with Crippen LogP contribution in [0.25, 0.3) is 22.2 Å². The van der Waals surface area contributed by atoms with Gasteiger partial charge >= 0.3 is 0 Å². The van der Waals surface area contributed by atoms with Gasteiger partial charge in [0.25, 0.3) is 0 Å². The topological polar surface area (TPSA) is 103 Å². The SMILES string of the molecule is CCn1cc(-c2cnc(Nc3ccc4cnn(C(C)C)c4n3)cc2N2CCC[C@H](N)C2)cn1. The van der Waals surface area contributed by atoms with Crippen molar-refractivity contribution in [2.45, 2.75) is 52.2 Å². The zero-order chi connectivity index (χ0) is 22.9. The van der Waals surface area contributed by atoms with E-state index in [1.807, 2.05) is 40.1 Å². The Balaban J connectivity index is 1.51. The lowest BCUT2D eigenvalue weighted by Crippen LogP contribution is -2.43. The van der Waals surface area contributed by atoms with Crippen LogP contribution in [0, 0.1) is 0 Å². The van der Waals surface area contributed by atoms with Gasteiger partial charge in [-0.15, -0.1) is 0 Å². The lowest BCUT2D eigenvalue weighted by Gasteiger charge is -2.34. The molecule has 1 fully saturated rings. The Hall–Kier alpha value is -3.46. The van der Waals surface area contributed by atoms with E-state index in [4.69, 9.17) is 15.7 Å². The van der Waals surface area contributed by atoms with Crippen molar-refractivity contribution in [1.82, 2.24) is 29.5 Å². The molecule has 0 saturated carbocycles. The van der Waals surface area contributed by atoms with Crippen molar-refractivity contribution in [3.05, 3.63) is 43.0 Å². The van der Waals surface area contributed by atoms with Crippen LogP contribution in [0.4, 0.5) is 17.3 Å². The molecule has 1 aliphatic rings. The van der Waals surface area contributed by atoms with Crippen LogP contribution >= 0.6 is 0 Å². The van der Waals surface area contributed by atoms with Crippen molar-refractivity contribution in [2.24, 2.45) is 5.73 Å². The van der Waals surface area contributed by atoms with Gasteiger partial charge < -0.3 is 16.0 Å². The van der Waals surface area contributed by atoms with Gasteiger partial charge in [0.2, 0.25) is 0 Å². The van der Waals surface area contributed by atoms with E-state index >= 15 is 0 Å². The van der Waals surface area contributed by atoms with E-state index in [-0.39, 0.29) is 12.1 Å². The van der Waals surface area contributed by atoms with Crippen molar-refractivity contribution < 1.29 is 0 Å². The van der Waals surface area contributed by atoms with Gasteiger partial charge in [0.05, 0.1) is 12.4 Å². The van der Waals surface area contributed by atoms with Gasteiger partial charge in [-0.05, 0) is 45.7 Å². The molecular formula is C24H31N9. The highest BCUT2D eigenvalue weighted by Crippen LogP contribution is 2.34. The van der Waals surface area contributed by atoms with E-state index in [9.17, 15) is 0 Å². The van der Waals surface area contributed by atoms with Crippen LogP contribution in [0.5, 0.6) is 0 Å². The van der Waals surface area contributed by atoms with Crippen molar-refractivity contribution in [2.75, 3.05) is 23.3 Å². The van der Waals surface area contributed by atoms with E-state index in [1.54, 1.807) is 0 Å². The van der Waals surface area contributed by atoms with Crippen LogP contribution in [0.15, 0.2) is 43.0 Å². The van der Waals surface area contributed by atoms with E-state index in [1.165, 1.54) is 0 Å². The van der Waals surface area contributed by atoms with E-state index < -0.39 is 0 Å². The zero-order valence-corrected chi connectivity index (χ0v) is 19.4. The molecule has 0 unspecified atom stereocenters. The standard InChI is InChI=1S/C24H31N9/c1-4-32-14-18(12-27-32)20-13-26-23(10-21(20)31-9-5-6-19(25)15-31)29-22-8-7-17-11-28-33(16(2)3)24(17)30-22/h7-8,10-14,16,19H,4-6,9,15,25H2,1-3H3,(H,26,29,30)/t19-/m0/s1. The normalized spacial score (nSPS) is 16.6. The number of nitrogens with zero attached hydrogens (tertiary/aromatic N) is 7. The number of aryl methyl sites for hydroxylation is 1. The molecule has 0 aliphatic carbocycles. The molecule has 1 saturated heterocycles. The maximum Gasteiger partial charge on any atom is 0.160 e. The minimum atomic E-state index is 0.176. The minimum Gasteiger partial charge on any atom is -0.369 e. The fraction of sp³-hybridized carbons (Fsp3) is 0.417. The minimum absolute atomic E-state index is 0.176. The van der Waals surface area contributed by atoms with Crippen LogP contribution in [0.1, 0.15) is 39.7 Å². The van der Waals surface area contributed by atoms with Gasteiger partial charge in [-0.25, -0.2) is 14.6 Å². The van der Waals surface area contributed by atoms with Gasteiger partial charge in [0.15, 0.2) is 5.65 Å².